The van der Waals surface area contributed by atoms with E-state index in [1.165, 1.54) is 11.2 Å². The number of hydrogen-bond donors (Lipinski definition) is 4. The molecule has 1 aromatic heterocycles. The number of nitrogens with two attached hydrogens (primary N) is 1. The number of carbonyl (C=O) groups excluding carboxylic acids is 4. The van der Waals surface area contributed by atoms with Gasteiger partial charge >= 0.3 is 0 Å². The normalized spacial score (nSPS) is 25.4. The van der Waals surface area contributed by atoms with Gasteiger partial charge in [-0.3, -0.25) is 19.2 Å². The van der Waals surface area contributed by atoms with Gasteiger partial charge in [-0.1, -0.05) is 13.3 Å². The molecule has 3 rings (SSSR count). The molecule has 2 aliphatic heterocycles. The predicted octanol–water partition coefficient (Wildman–Crippen LogP) is -1.17. The largest absolute Gasteiger partial charge is 0.368 e. The first-order valence-electron chi connectivity index (χ1n) is 9.57. The summed E-state index contributed by atoms with van der Waals surface area (Å²) < 4.78 is 0. The number of rotatable bonds is 7. The number of H-pyrrole nitrogens is 1. The van der Waals surface area contributed by atoms with E-state index < -0.39 is 29.9 Å². The number of carbonyl (C=O) groups is 4. The Morgan fingerprint density at radius 3 is 2.75 bits per heavy atom. The fraction of sp³-hybridized carbons (Fsp3) is 0.611. The van der Waals surface area contributed by atoms with Gasteiger partial charge < -0.3 is 26.3 Å². The SMILES string of the molecule is CC[C@@H]1CCN(C(=O)[C@H](Cc2cnc[nH]2)NC(=O)[C@@H]2CCC(=O)N2)[C@H]1C(N)=O. The number of imidazole rings is 1. The maximum Gasteiger partial charge on any atom is 0.246 e. The summed E-state index contributed by atoms with van der Waals surface area (Å²) in [5, 5.41) is 5.34. The van der Waals surface area contributed by atoms with Gasteiger partial charge in [0.2, 0.25) is 23.6 Å². The second kappa shape index (κ2) is 8.41. The molecule has 0 unspecified atom stereocenters. The first-order chi connectivity index (χ1) is 13.4. The summed E-state index contributed by atoms with van der Waals surface area (Å²) in [5.74, 6) is -1.47. The molecule has 0 saturated carbocycles. The molecule has 0 bridgehead atoms. The van der Waals surface area contributed by atoms with E-state index in [0.29, 0.717) is 25.1 Å². The van der Waals surface area contributed by atoms with Crippen LogP contribution in [-0.2, 0) is 25.6 Å². The Balaban J connectivity index is 1.77. The summed E-state index contributed by atoms with van der Waals surface area (Å²) in [5.41, 5.74) is 6.24. The first kappa shape index (κ1) is 19.8. The lowest BCUT2D eigenvalue weighted by atomic mass is 9.97. The highest BCUT2D eigenvalue weighted by molar-refractivity contribution is 5.95. The Hall–Kier alpha value is -2.91. The number of primary amides is 1. The summed E-state index contributed by atoms with van der Waals surface area (Å²) in [7, 11) is 0. The number of nitrogens with zero attached hydrogens (tertiary/aromatic N) is 2. The minimum Gasteiger partial charge on any atom is -0.368 e. The summed E-state index contributed by atoms with van der Waals surface area (Å²) in [4.78, 5) is 57.5. The third-order valence-corrected chi connectivity index (χ3v) is 5.53. The highest BCUT2D eigenvalue weighted by Gasteiger charge is 2.42. The molecule has 2 aliphatic rings. The molecular weight excluding hydrogens is 364 g/mol. The van der Waals surface area contributed by atoms with Crippen molar-refractivity contribution in [1.82, 2.24) is 25.5 Å². The fourth-order valence-corrected chi connectivity index (χ4v) is 4.02. The average molecular weight is 390 g/mol. The van der Waals surface area contributed by atoms with Gasteiger partial charge in [0.25, 0.3) is 0 Å². The van der Waals surface area contributed by atoms with Crippen LogP contribution in [0.1, 0.15) is 38.3 Å². The zero-order valence-electron chi connectivity index (χ0n) is 15.8. The van der Waals surface area contributed by atoms with Crippen LogP contribution in [0.4, 0.5) is 0 Å². The Kier molecular flexibility index (Phi) is 5.96. The summed E-state index contributed by atoms with van der Waals surface area (Å²) in [6, 6.07) is -2.22. The molecule has 0 spiro atoms. The van der Waals surface area contributed by atoms with E-state index >= 15 is 0 Å². The van der Waals surface area contributed by atoms with Gasteiger partial charge in [0.15, 0.2) is 0 Å². The molecule has 4 atom stereocenters. The van der Waals surface area contributed by atoms with Crippen LogP contribution in [0.3, 0.4) is 0 Å². The molecule has 0 aliphatic carbocycles. The van der Waals surface area contributed by atoms with Crippen LogP contribution in [0.5, 0.6) is 0 Å². The van der Waals surface area contributed by atoms with E-state index in [9.17, 15) is 19.2 Å². The number of aromatic nitrogens is 2. The second-order valence-corrected chi connectivity index (χ2v) is 7.34. The molecule has 152 valence electrons. The van der Waals surface area contributed by atoms with E-state index in [4.69, 9.17) is 5.73 Å². The Bertz CT molecular complexity index is 749. The molecule has 10 heteroatoms. The van der Waals surface area contributed by atoms with Gasteiger partial charge in [0, 0.05) is 31.3 Å². The number of hydrogen-bond acceptors (Lipinski definition) is 5. The van der Waals surface area contributed by atoms with Crippen LogP contribution in [-0.4, -0.2) is 63.2 Å². The van der Waals surface area contributed by atoms with Gasteiger partial charge in [-0.05, 0) is 18.8 Å². The van der Waals surface area contributed by atoms with E-state index in [1.807, 2.05) is 6.92 Å². The van der Waals surface area contributed by atoms with Crippen molar-refractivity contribution >= 4 is 23.6 Å². The highest BCUT2D eigenvalue weighted by Crippen LogP contribution is 2.28. The van der Waals surface area contributed by atoms with Gasteiger partial charge in [-0.25, -0.2) is 4.98 Å². The van der Waals surface area contributed by atoms with E-state index in [0.717, 1.165) is 6.42 Å². The smallest absolute Gasteiger partial charge is 0.246 e. The van der Waals surface area contributed by atoms with E-state index in [2.05, 4.69) is 20.6 Å². The lowest BCUT2D eigenvalue weighted by Crippen LogP contribution is -2.56. The lowest BCUT2D eigenvalue weighted by Gasteiger charge is -2.29. The fourth-order valence-electron chi connectivity index (χ4n) is 4.02. The number of nitrogens with one attached hydrogen (secondary N) is 3. The standard InChI is InChI=1S/C18H26N6O4/c1-2-10-5-6-24(15(10)16(19)26)18(28)13(7-11-8-20-9-21-11)23-17(27)12-3-4-14(25)22-12/h8-10,12-13,15H,2-7H2,1H3,(H2,19,26)(H,20,21)(H,22,25)(H,23,27)/t10-,12+,13+,15-/m1/s1. The van der Waals surface area contributed by atoms with Crippen molar-refractivity contribution in [3.8, 4) is 0 Å². The maximum atomic E-state index is 13.2. The number of amides is 4. The van der Waals surface area contributed by atoms with Crippen molar-refractivity contribution in [3.63, 3.8) is 0 Å². The van der Waals surface area contributed by atoms with Crippen molar-refractivity contribution in [2.75, 3.05) is 6.54 Å². The average Bonchev–Trinajstić information content (AvgIpc) is 3.40. The molecule has 3 heterocycles. The zero-order chi connectivity index (χ0) is 20.3. The monoisotopic (exact) mass is 390 g/mol. The van der Waals surface area contributed by atoms with Gasteiger partial charge in [0.05, 0.1) is 6.33 Å². The maximum absolute atomic E-state index is 13.2. The molecule has 2 fully saturated rings. The molecule has 0 radical (unpaired) electrons. The summed E-state index contributed by atoms with van der Waals surface area (Å²) in [6.45, 7) is 2.38. The Morgan fingerprint density at radius 2 is 2.18 bits per heavy atom. The van der Waals surface area contributed by atoms with Crippen molar-refractivity contribution in [2.45, 2.75) is 57.2 Å². The number of aromatic amines is 1. The quantitative estimate of drug-likeness (QED) is 0.462. The van der Waals surface area contributed by atoms with Crippen LogP contribution in [0, 0.1) is 5.92 Å². The first-order valence-corrected chi connectivity index (χ1v) is 9.57. The molecule has 0 aromatic carbocycles. The second-order valence-electron chi connectivity index (χ2n) is 7.34. The highest BCUT2D eigenvalue weighted by atomic mass is 16.2. The molecule has 2 saturated heterocycles. The summed E-state index contributed by atoms with van der Waals surface area (Å²) in [6.07, 6.45) is 5.37. The van der Waals surface area contributed by atoms with Crippen LogP contribution in [0.25, 0.3) is 0 Å². The molecule has 4 amide bonds. The van der Waals surface area contributed by atoms with Gasteiger partial charge in [-0.15, -0.1) is 0 Å². The zero-order valence-corrected chi connectivity index (χ0v) is 15.8. The lowest BCUT2D eigenvalue weighted by molar-refractivity contribution is -0.141. The van der Waals surface area contributed by atoms with Crippen LogP contribution >= 0.6 is 0 Å². The van der Waals surface area contributed by atoms with Crippen LogP contribution < -0.4 is 16.4 Å². The molecule has 10 nitrogen and oxygen atoms in total. The minimum absolute atomic E-state index is 0.0130. The Morgan fingerprint density at radius 1 is 1.39 bits per heavy atom. The molecule has 5 N–H and O–H groups in total. The topological polar surface area (TPSA) is 150 Å². The summed E-state index contributed by atoms with van der Waals surface area (Å²) >= 11 is 0. The van der Waals surface area contributed by atoms with Gasteiger partial charge in [0.1, 0.15) is 18.1 Å². The van der Waals surface area contributed by atoms with Crippen molar-refractivity contribution < 1.29 is 19.2 Å². The van der Waals surface area contributed by atoms with Crippen molar-refractivity contribution in [2.24, 2.45) is 11.7 Å². The third kappa shape index (κ3) is 4.15. The van der Waals surface area contributed by atoms with E-state index in [-0.39, 0.29) is 30.6 Å². The molecule has 28 heavy (non-hydrogen) atoms. The van der Waals surface area contributed by atoms with E-state index in [1.54, 1.807) is 6.20 Å². The van der Waals surface area contributed by atoms with Crippen LogP contribution in [0.2, 0.25) is 0 Å². The van der Waals surface area contributed by atoms with Crippen molar-refractivity contribution in [1.29, 1.82) is 0 Å². The Labute approximate surface area is 162 Å². The third-order valence-electron chi connectivity index (χ3n) is 5.53. The molecular formula is C18H26N6O4. The molecule has 1 aromatic rings. The van der Waals surface area contributed by atoms with Crippen molar-refractivity contribution in [3.05, 3.63) is 18.2 Å². The van der Waals surface area contributed by atoms with Crippen LogP contribution in [0.15, 0.2) is 12.5 Å². The predicted molar refractivity (Wildman–Crippen MR) is 98.5 cm³/mol. The van der Waals surface area contributed by atoms with Gasteiger partial charge in [-0.2, -0.15) is 0 Å². The minimum atomic E-state index is -0.886. The number of likely N-dealkylation sites (tertiary alicyclic amines) is 1.